The third-order valence-corrected chi connectivity index (χ3v) is 5.25. The Hall–Kier alpha value is -3.49. The van der Waals surface area contributed by atoms with Gasteiger partial charge in [-0.1, -0.05) is 18.2 Å². The predicted molar refractivity (Wildman–Crippen MR) is 112 cm³/mol. The Morgan fingerprint density at radius 2 is 1.91 bits per heavy atom. The fourth-order valence-electron chi connectivity index (χ4n) is 3.81. The normalized spacial score (nSPS) is 18.8. The first-order chi connectivity index (χ1) is 15.0. The molecule has 1 aliphatic rings. The van der Waals surface area contributed by atoms with Crippen LogP contribution in [0.25, 0.3) is 0 Å². The van der Waals surface area contributed by atoms with Crippen molar-refractivity contribution in [1.82, 2.24) is 0 Å². The van der Waals surface area contributed by atoms with Gasteiger partial charge < -0.3 is 14.2 Å². The Kier molecular flexibility index (Phi) is 6.20. The highest BCUT2D eigenvalue weighted by molar-refractivity contribution is 6.16. The fraction of sp³-hybridized carbons (Fsp3) is 0.391. The number of para-hydroxylation sites is 1. The summed E-state index contributed by atoms with van der Waals surface area (Å²) in [5.74, 6) is -3.00. The summed E-state index contributed by atoms with van der Waals surface area (Å²) >= 11 is 0. The first kappa shape index (κ1) is 23.2. The van der Waals surface area contributed by atoms with E-state index in [1.54, 1.807) is 32.9 Å². The van der Waals surface area contributed by atoms with Crippen molar-refractivity contribution in [1.29, 1.82) is 0 Å². The highest BCUT2D eigenvalue weighted by Gasteiger charge is 2.60. The van der Waals surface area contributed by atoms with Gasteiger partial charge in [-0.3, -0.25) is 19.7 Å². The van der Waals surface area contributed by atoms with Gasteiger partial charge in [0, 0.05) is 4.92 Å². The number of ketones is 1. The molecule has 0 saturated carbocycles. The third-order valence-electron chi connectivity index (χ3n) is 5.25. The number of nitrogens with zero attached hydrogens (tertiary/aromatic N) is 1. The minimum absolute atomic E-state index is 0.0527. The van der Waals surface area contributed by atoms with Gasteiger partial charge in [0.15, 0.2) is 22.7 Å². The van der Waals surface area contributed by atoms with E-state index in [1.807, 2.05) is 0 Å². The van der Waals surface area contributed by atoms with Gasteiger partial charge in [-0.15, -0.1) is 0 Å². The number of ether oxygens (including phenoxy) is 3. The van der Waals surface area contributed by atoms with Crippen molar-refractivity contribution in [2.75, 3.05) is 20.3 Å². The van der Waals surface area contributed by atoms with Crippen LogP contribution in [-0.2, 0) is 9.53 Å². The van der Waals surface area contributed by atoms with Crippen molar-refractivity contribution < 1.29 is 33.1 Å². The van der Waals surface area contributed by atoms with E-state index in [0.29, 0.717) is 5.75 Å². The largest absolute Gasteiger partial charge is 0.493 e. The maximum atomic E-state index is 13.9. The summed E-state index contributed by atoms with van der Waals surface area (Å²) in [7, 11) is 1.41. The molecule has 0 aliphatic carbocycles. The number of methoxy groups -OCH3 is 1. The molecule has 9 heteroatoms. The summed E-state index contributed by atoms with van der Waals surface area (Å²) in [6, 6.07) is 9.51. The van der Waals surface area contributed by atoms with Crippen LogP contribution in [0, 0.1) is 21.3 Å². The van der Waals surface area contributed by atoms with E-state index in [4.69, 9.17) is 14.2 Å². The zero-order valence-electron chi connectivity index (χ0n) is 18.2. The van der Waals surface area contributed by atoms with E-state index in [-0.39, 0.29) is 16.9 Å². The van der Waals surface area contributed by atoms with E-state index >= 15 is 0 Å². The lowest BCUT2D eigenvalue weighted by atomic mass is 9.66. The Morgan fingerprint density at radius 1 is 1.25 bits per heavy atom. The number of hydrogen-bond donors (Lipinski definition) is 0. The fourth-order valence-corrected chi connectivity index (χ4v) is 3.81. The lowest BCUT2D eigenvalue weighted by Gasteiger charge is -2.40. The number of carbonyl (C=O) groups is 2. The summed E-state index contributed by atoms with van der Waals surface area (Å²) in [5, 5.41) is 11.6. The van der Waals surface area contributed by atoms with Crippen LogP contribution in [-0.4, -0.2) is 42.5 Å². The van der Waals surface area contributed by atoms with E-state index < -0.39 is 52.6 Å². The maximum absolute atomic E-state index is 13.9. The van der Waals surface area contributed by atoms with Crippen LogP contribution in [0.5, 0.6) is 11.5 Å². The molecule has 0 amide bonds. The zero-order chi connectivity index (χ0) is 23.7. The molecule has 0 radical (unpaired) electrons. The number of hydrogen-bond acceptors (Lipinski definition) is 7. The van der Waals surface area contributed by atoms with Gasteiger partial charge in [0.05, 0.1) is 18.6 Å². The zero-order valence-corrected chi connectivity index (χ0v) is 18.2. The number of carbonyl (C=O) groups excluding carboxylic acids is 2. The molecule has 2 aromatic rings. The van der Waals surface area contributed by atoms with Crippen LogP contribution in [0.15, 0.2) is 42.5 Å². The van der Waals surface area contributed by atoms with Crippen LogP contribution in [0.2, 0.25) is 0 Å². The third kappa shape index (κ3) is 4.28. The van der Waals surface area contributed by atoms with Crippen molar-refractivity contribution in [2.24, 2.45) is 5.41 Å². The number of nitro groups is 1. The second kappa shape index (κ2) is 8.57. The van der Waals surface area contributed by atoms with Gasteiger partial charge in [0.25, 0.3) is 0 Å². The Morgan fingerprint density at radius 3 is 2.47 bits per heavy atom. The second-order valence-corrected chi connectivity index (χ2v) is 8.55. The Balaban J connectivity index is 2.24. The molecule has 0 aromatic heterocycles. The molecule has 0 bridgehead atoms. The number of esters is 1. The van der Waals surface area contributed by atoms with Gasteiger partial charge >= 0.3 is 5.97 Å². The average Bonchev–Trinajstić information content (AvgIpc) is 2.72. The average molecular weight is 445 g/mol. The lowest BCUT2D eigenvalue weighted by Crippen LogP contribution is -2.55. The van der Waals surface area contributed by atoms with Gasteiger partial charge in [-0.05, 0) is 50.6 Å². The molecule has 2 atom stereocenters. The highest BCUT2D eigenvalue weighted by atomic mass is 19.1. The molecule has 0 spiro atoms. The molecule has 8 nitrogen and oxygen atoms in total. The van der Waals surface area contributed by atoms with E-state index in [1.165, 1.54) is 25.3 Å². The van der Waals surface area contributed by atoms with Gasteiger partial charge in [0.2, 0.25) is 6.54 Å². The van der Waals surface area contributed by atoms with Crippen molar-refractivity contribution >= 4 is 11.8 Å². The Labute approximate surface area is 184 Å². The Bertz CT molecular complexity index is 1050. The molecule has 3 rings (SSSR count). The van der Waals surface area contributed by atoms with E-state index in [9.17, 15) is 24.1 Å². The number of benzene rings is 2. The van der Waals surface area contributed by atoms with Gasteiger partial charge in [-0.25, -0.2) is 4.39 Å². The van der Waals surface area contributed by atoms with Crippen molar-refractivity contribution in [3.05, 3.63) is 69.5 Å². The maximum Gasteiger partial charge on any atom is 0.325 e. The number of halogens is 1. The second-order valence-electron chi connectivity index (χ2n) is 8.55. The van der Waals surface area contributed by atoms with E-state index in [0.717, 1.165) is 12.1 Å². The summed E-state index contributed by atoms with van der Waals surface area (Å²) in [6.07, 6.45) is 0. The van der Waals surface area contributed by atoms with Gasteiger partial charge in [-0.2, -0.15) is 0 Å². The molecule has 1 heterocycles. The number of Topliss-reactive ketones (excluding diaryl/α,β-unsaturated/α-hetero) is 1. The predicted octanol–water partition coefficient (Wildman–Crippen LogP) is 3.80. The molecular weight excluding hydrogens is 421 g/mol. The number of rotatable bonds is 6. The van der Waals surface area contributed by atoms with Crippen LogP contribution in [0.3, 0.4) is 0 Å². The van der Waals surface area contributed by atoms with E-state index in [2.05, 4.69) is 0 Å². The molecule has 170 valence electrons. The van der Waals surface area contributed by atoms with Crippen molar-refractivity contribution in [3.63, 3.8) is 0 Å². The topological polar surface area (TPSA) is 105 Å². The first-order valence-electron chi connectivity index (χ1n) is 9.95. The SMILES string of the molecule is COc1cccc2c1OC[C@](C(=O)OC(C)(C)C)([C@H](C[N+](=O)[O-])c1ccc(F)cc1)C2=O. The van der Waals surface area contributed by atoms with Crippen LogP contribution >= 0.6 is 0 Å². The summed E-state index contributed by atoms with van der Waals surface area (Å²) in [6.45, 7) is 3.63. The van der Waals surface area contributed by atoms with Crippen LogP contribution < -0.4 is 9.47 Å². The minimum Gasteiger partial charge on any atom is -0.493 e. The van der Waals surface area contributed by atoms with Crippen LogP contribution in [0.4, 0.5) is 4.39 Å². The standard InChI is InChI=1S/C23H24FNO7/c1-22(2,3)32-21(27)23(17(12-25(28)29)14-8-10-15(24)11-9-14)13-31-19-16(20(23)26)6-5-7-18(19)30-4/h5-11,17H,12-13H2,1-4H3/t17-,23+/m1/s1. The smallest absolute Gasteiger partial charge is 0.325 e. The highest BCUT2D eigenvalue weighted by Crippen LogP contribution is 2.48. The molecular formula is C23H24FNO7. The van der Waals surface area contributed by atoms with Crippen LogP contribution in [0.1, 0.15) is 42.6 Å². The number of fused-ring (bicyclic) bond motifs is 1. The molecule has 2 aromatic carbocycles. The van der Waals surface area contributed by atoms with Gasteiger partial charge in [0.1, 0.15) is 18.0 Å². The molecule has 0 N–H and O–H groups in total. The lowest BCUT2D eigenvalue weighted by molar-refractivity contribution is -0.485. The summed E-state index contributed by atoms with van der Waals surface area (Å²) in [5.41, 5.74) is -2.73. The molecule has 0 unspecified atom stereocenters. The van der Waals surface area contributed by atoms with Crippen molar-refractivity contribution in [3.8, 4) is 11.5 Å². The summed E-state index contributed by atoms with van der Waals surface area (Å²) < 4.78 is 30.2. The minimum atomic E-state index is -2.06. The quantitative estimate of drug-likeness (QED) is 0.288. The monoisotopic (exact) mass is 445 g/mol. The first-order valence-corrected chi connectivity index (χ1v) is 9.95. The molecule has 32 heavy (non-hydrogen) atoms. The van der Waals surface area contributed by atoms with Crippen molar-refractivity contribution in [2.45, 2.75) is 32.3 Å². The molecule has 0 fully saturated rings. The summed E-state index contributed by atoms with van der Waals surface area (Å²) in [4.78, 5) is 38.4. The molecule has 1 aliphatic heterocycles. The molecule has 0 saturated heterocycles.